The number of nitro benzene ring substituents is 1. The van der Waals surface area contributed by atoms with Gasteiger partial charge in [0.15, 0.2) is 23.2 Å². The number of aliphatic imine (C=N–C) groups is 1. The Labute approximate surface area is 173 Å². The maximum atomic E-state index is 12.2. The zero-order chi connectivity index (χ0) is 21.8. The quantitative estimate of drug-likeness (QED) is 0.530. The number of nitrogens with one attached hydrogen (secondary N) is 1. The molecular formula is C21H22N4O5. The normalized spacial score (nSPS) is 15.8. The molecule has 0 amide bonds. The van der Waals surface area contributed by atoms with Gasteiger partial charge in [-0.25, -0.2) is 4.99 Å². The number of benzene rings is 2. The number of carbonyl (C=O) groups is 1. The molecule has 30 heavy (non-hydrogen) atoms. The molecule has 1 aliphatic rings. The Morgan fingerprint density at radius 1 is 1.27 bits per heavy atom. The minimum Gasteiger partial charge on any atom is -0.493 e. The molecule has 0 radical (unpaired) electrons. The van der Waals surface area contributed by atoms with Crippen molar-refractivity contribution in [1.29, 1.82) is 0 Å². The van der Waals surface area contributed by atoms with Gasteiger partial charge in [-0.05, 0) is 25.5 Å². The third kappa shape index (κ3) is 4.24. The van der Waals surface area contributed by atoms with Crippen LogP contribution in [0.5, 0.6) is 11.5 Å². The lowest BCUT2D eigenvalue weighted by Crippen LogP contribution is -2.36. The molecule has 0 bridgehead atoms. The Morgan fingerprint density at radius 3 is 2.57 bits per heavy atom. The largest absolute Gasteiger partial charge is 0.493 e. The number of hydrogen-bond acceptors (Lipinski definition) is 8. The highest BCUT2D eigenvalue weighted by Crippen LogP contribution is 2.42. The lowest BCUT2D eigenvalue weighted by Gasteiger charge is -2.24. The van der Waals surface area contributed by atoms with Crippen molar-refractivity contribution in [2.24, 2.45) is 10.7 Å². The van der Waals surface area contributed by atoms with Crippen LogP contribution in [-0.2, 0) is 11.4 Å². The molecular weight excluding hydrogens is 388 g/mol. The second kappa shape index (κ2) is 8.64. The first-order chi connectivity index (χ1) is 14.3. The molecule has 9 nitrogen and oxygen atoms in total. The van der Waals surface area contributed by atoms with E-state index in [1.165, 1.54) is 26.2 Å². The number of nitrogens with zero attached hydrogens (tertiary/aromatic N) is 2. The fraction of sp³-hybridized carbons (Fsp3) is 0.238. The lowest BCUT2D eigenvalue weighted by molar-refractivity contribution is -0.385. The van der Waals surface area contributed by atoms with Gasteiger partial charge in [-0.2, -0.15) is 0 Å². The maximum absolute atomic E-state index is 12.2. The van der Waals surface area contributed by atoms with Gasteiger partial charge >= 0.3 is 0 Å². The van der Waals surface area contributed by atoms with Crippen molar-refractivity contribution >= 4 is 17.4 Å². The van der Waals surface area contributed by atoms with E-state index in [1.807, 2.05) is 30.3 Å². The summed E-state index contributed by atoms with van der Waals surface area (Å²) in [6.45, 7) is 3.26. The molecule has 2 aromatic rings. The van der Waals surface area contributed by atoms with Crippen molar-refractivity contribution < 1.29 is 19.2 Å². The summed E-state index contributed by atoms with van der Waals surface area (Å²) in [6.07, 6.45) is 0. The van der Waals surface area contributed by atoms with Crippen molar-refractivity contribution in [3.63, 3.8) is 0 Å². The summed E-state index contributed by atoms with van der Waals surface area (Å²) in [5.74, 6) is 0.311. The monoisotopic (exact) mass is 410 g/mol. The molecule has 0 fully saturated rings. The first-order valence-electron chi connectivity index (χ1n) is 9.16. The number of Topliss-reactive ketones (excluding diaryl/α,β-unsaturated/α-hetero) is 1. The van der Waals surface area contributed by atoms with Crippen LogP contribution >= 0.6 is 0 Å². The molecule has 156 valence electrons. The highest BCUT2D eigenvalue weighted by molar-refractivity contribution is 5.98. The van der Waals surface area contributed by atoms with Gasteiger partial charge in [0.25, 0.3) is 5.69 Å². The van der Waals surface area contributed by atoms with Crippen molar-refractivity contribution in [3.05, 3.63) is 75.0 Å². The van der Waals surface area contributed by atoms with Gasteiger partial charge in [-0.15, -0.1) is 0 Å². The number of ether oxygens (including phenoxy) is 2. The average molecular weight is 410 g/mol. The second-order valence-electron chi connectivity index (χ2n) is 6.73. The Hall–Kier alpha value is -3.88. The van der Waals surface area contributed by atoms with Crippen molar-refractivity contribution in [1.82, 2.24) is 5.32 Å². The van der Waals surface area contributed by atoms with E-state index in [0.29, 0.717) is 17.0 Å². The number of methoxy groups -OCH3 is 1. The molecule has 0 aromatic heterocycles. The van der Waals surface area contributed by atoms with Crippen molar-refractivity contribution in [3.8, 4) is 11.5 Å². The van der Waals surface area contributed by atoms with Crippen LogP contribution in [0, 0.1) is 10.1 Å². The molecule has 0 unspecified atom stereocenters. The summed E-state index contributed by atoms with van der Waals surface area (Å²) in [7, 11) is 1.44. The molecule has 3 rings (SSSR count). The Morgan fingerprint density at radius 2 is 1.97 bits per heavy atom. The fourth-order valence-electron chi connectivity index (χ4n) is 3.33. The summed E-state index contributed by atoms with van der Waals surface area (Å²) in [6, 6.07) is 11.2. The summed E-state index contributed by atoms with van der Waals surface area (Å²) in [4.78, 5) is 27.8. The van der Waals surface area contributed by atoms with E-state index < -0.39 is 11.0 Å². The van der Waals surface area contributed by atoms with Crippen LogP contribution < -0.4 is 20.5 Å². The summed E-state index contributed by atoms with van der Waals surface area (Å²) in [5.41, 5.74) is 7.47. The number of carbonyl (C=O) groups excluding carboxylic acids is 1. The first-order valence-corrected chi connectivity index (χ1v) is 9.16. The standard InChI is InChI=1S/C21H22N4O5/c1-12-19(13(2)26)20(24-21(22)23-12)15-9-17(29-3)18(10-16(15)25(27)28)30-11-14-7-5-4-6-8-14/h4-10,20H,11H2,1-3H3,(H3,22,23,24)/t20-/m1/s1. The average Bonchev–Trinajstić information content (AvgIpc) is 2.71. The number of nitrogens with two attached hydrogens (primary N) is 1. The maximum Gasteiger partial charge on any atom is 0.279 e. The molecule has 0 spiro atoms. The number of guanidine groups is 1. The van der Waals surface area contributed by atoms with Crippen molar-refractivity contribution in [2.75, 3.05) is 7.11 Å². The Bertz CT molecular complexity index is 1050. The van der Waals surface area contributed by atoms with Gasteiger partial charge in [0.05, 0.1) is 23.7 Å². The Balaban J connectivity index is 2.08. The van der Waals surface area contributed by atoms with E-state index in [0.717, 1.165) is 5.56 Å². The molecule has 0 saturated heterocycles. The predicted octanol–water partition coefficient (Wildman–Crippen LogP) is 3.00. The number of nitro groups is 1. The fourth-order valence-corrected chi connectivity index (χ4v) is 3.33. The molecule has 9 heteroatoms. The van der Waals surface area contributed by atoms with Gasteiger partial charge < -0.3 is 20.5 Å². The molecule has 1 heterocycles. The van der Waals surface area contributed by atoms with E-state index in [2.05, 4.69) is 10.3 Å². The molecule has 3 N–H and O–H groups in total. The van der Waals surface area contributed by atoms with Crippen LogP contribution in [0.15, 0.2) is 58.7 Å². The zero-order valence-corrected chi connectivity index (χ0v) is 16.8. The van der Waals surface area contributed by atoms with Crippen LogP contribution in [0.1, 0.15) is 31.0 Å². The van der Waals surface area contributed by atoms with Gasteiger partial charge in [0, 0.05) is 11.3 Å². The molecule has 0 saturated carbocycles. The third-order valence-electron chi connectivity index (χ3n) is 4.68. The summed E-state index contributed by atoms with van der Waals surface area (Å²) in [5, 5.41) is 14.6. The molecule has 1 aliphatic heterocycles. The van der Waals surface area contributed by atoms with Crippen LogP contribution in [-0.4, -0.2) is 23.8 Å². The minimum atomic E-state index is -0.929. The van der Waals surface area contributed by atoms with Crippen LogP contribution in [0.2, 0.25) is 0 Å². The van der Waals surface area contributed by atoms with Crippen LogP contribution in [0.25, 0.3) is 0 Å². The van der Waals surface area contributed by atoms with Gasteiger partial charge in [-0.1, -0.05) is 30.3 Å². The SMILES string of the molecule is COc1cc([C@H]2N=C(N)NC(C)=C2C(C)=O)c([N+](=O)[O-])cc1OCc1ccccc1. The van der Waals surface area contributed by atoms with Crippen LogP contribution in [0.4, 0.5) is 5.69 Å². The third-order valence-corrected chi connectivity index (χ3v) is 4.68. The van der Waals surface area contributed by atoms with Gasteiger partial charge in [-0.3, -0.25) is 14.9 Å². The van der Waals surface area contributed by atoms with E-state index in [1.54, 1.807) is 6.92 Å². The van der Waals surface area contributed by atoms with Gasteiger partial charge in [0.1, 0.15) is 12.6 Å². The molecule has 2 aromatic carbocycles. The topological polar surface area (TPSA) is 129 Å². The van der Waals surface area contributed by atoms with E-state index in [4.69, 9.17) is 15.2 Å². The summed E-state index contributed by atoms with van der Waals surface area (Å²) >= 11 is 0. The van der Waals surface area contributed by atoms with E-state index >= 15 is 0 Å². The second-order valence-corrected chi connectivity index (χ2v) is 6.73. The number of hydrogen-bond donors (Lipinski definition) is 2. The lowest BCUT2D eigenvalue weighted by atomic mass is 9.92. The minimum absolute atomic E-state index is 0.0696. The number of allylic oxidation sites excluding steroid dienone is 1. The predicted molar refractivity (Wildman–Crippen MR) is 111 cm³/mol. The smallest absolute Gasteiger partial charge is 0.279 e. The molecule has 0 aliphatic carbocycles. The van der Waals surface area contributed by atoms with E-state index in [-0.39, 0.29) is 35.4 Å². The zero-order valence-electron chi connectivity index (χ0n) is 16.8. The highest BCUT2D eigenvalue weighted by atomic mass is 16.6. The van der Waals surface area contributed by atoms with Crippen LogP contribution in [0.3, 0.4) is 0 Å². The summed E-state index contributed by atoms with van der Waals surface area (Å²) < 4.78 is 11.2. The number of ketones is 1. The highest BCUT2D eigenvalue weighted by Gasteiger charge is 2.33. The first kappa shape index (κ1) is 20.8. The molecule has 1 atom stereocenters. The Kier molecular flexibility index (Phi) is 6.01. The number of rotatable bonds is 7. The van der Waals surface area contributed by atoms with Crippen molar-refractivity contribution in [2.45, 2.75) is 26.5 Å². The van der Waals surface area contributed by atoms with Gasteiger partial charge in [0.2, 0.25) is 0 Å². The van der Waals surface area contributed by atoms with E-state index in [9.17, 15) is 14.9 Å².